The molecular weight excluding hydrogens is 278 g/mol. The van der Waals surface area contributed by atoms with Crippen LogP contribution >= 0.6 is 12.4 Å². The Balaban J connectivity index is 0.00000361. The van der Waals surface area contributed by atoms with E-state index in [4.69, 9.17) is 5.73 Å². The molecule has 118 valence electrons. The Labute approximate surface area is 128 Å². The Morgan fingerprint density at radius 2 is 1.85 bits per heavy atom. The van der Waals surface area contributed by atoms with Crippen LogP contribution in [0.25, 0.3) is 0 Å². The number of carbonyl (C=O) groups is 2. The SMILES string of the molecule is CCN(CC)C(=O)CCC(=O)N1CCCCC1CN.Cl. The fraction of sp³-hybridized carbons (Fsp3) is 0.857. The highest BCUT2D eigenvalue weighted by Gasteiger charge is 2.25. The Bertz CT molecular complexity index is 309. The molecule has 20 heavy (non-hydrogen) atoms. The van der Waals surface area contributed by atoms with Gasteiger partial charge in [-0.05, 0) is 33.1 Å². The second-order valence-electron chi connectivity index (χ2n) is 5.04. The van der Waals surface area contributed by atoms with Crippen LogP contribution in [0.4, 0.5) is 0 Å². The molecule has 1 saturated heterocycles. The molecule has 1 atom stereocenters. The van der Waals surface area contributed by atoms with Crippen molar-refractivity contribution in [3.63, 3.8) is 0 Å². The van der Waals surface area contributed by atoms with Crippen LogP contribution in [0.1, 0.15) is 46.0 Å². The van der Waals surface area contributed by atoms with Crippen LogP contribution in [-0.4, -0.2) is 53.8 Å². The summed E-state index contributed by atoms with van der Waals surface area (Å²) in [7, 11) is 0. The highest BCUT2D eigenvalue weighted by molar-refractivity contribution is 5.85. The van der Waals surface area contributed by atoms with E-state index in [1.165, 1.54) is 0 Å². The Kier molecular flexibility index (Phi) is 9.59. The number of nitrogens with zero attached hydrogens (tertiary/aromatic N) is 2. The third kappa shape index (κ3) is 5.29. The zero-order valence-corrected chi connectivity index (χ0v) is 13.5. The first-order chi connectivity index (χ1) is 9.13. The van der Waals surface area contributed by atoms with E-state index in [1.54, 1.807) is 4.90 Å². The third-order valence-electron chi connectivity index (χ3n) is 3.89. The van der Waals surface area contributed by atoms with Gasteiger partial charge in [-0.25, -0.2) is 0 Å². The zero-order valence-electron chi connectivity index (χ0n) is 12.6. The van der Waals surface area contributed by atoms with Crippen molar-refractivity contribution in [2.45, 2.75) is 52.0 Å². The summed E-state index contributed by atoms with van der Waals surface area (Å²) in [5.74, 6) is 0.148. The second kappa shape index (κ2) is 10.00. The van der Waals surface area contributed by atoms with Crippen LogP contribution in [0.3, 0.4) is 0 Å². The average molecular weight is 306 g/mol. The van der Waals surface area contributed by atoms with Crippen molar-refractivity contribution < 1.29 is 9.59 Å². The fourth-order valence-corrected chi connectivity index (χ4v) is 2.67. The summed E-state index contributed by atoms with van der Waals surface area (Å²) in [5, 5.41) is 0. The van der Waals surface area contributed by atoms with Gasteiger partial charge in [0.1, 0.15) is 0 Å². The molecule has 2 amide bonds. The first kappa shape index (κ1) is 19.2. The standard InChI is InChI=1S/C14H27N3O2.ClH/c1-3-16(4-2)13(18)8-9-14(19)17-10-6-5-7-12(17)11-15;/h12H,3-11,15H2,1-2H3;1H. The van der Waals surface area contributed by atoms with Crippen molar-refractivity contribution in [1.29, 1.82) is 0 Å². The molecule has 0 radical (unpaired) electrons. The van der Waals surface area contributed by atoms with Crippen molar-refractivity contribution in [2.24, 2.45) is 5.73 Å². The molecule has 0 bridgehead atoms. The maximum absolute atomic E-state index is 12.2. The summed E-state index contributed by atoms with van der Waals surface area (Å²) in [4.78, 5) is 27.7. The van der Waals surface area contributed by atoms with E-state index in [0.717, 1.165) is 25.8 Å². The van der Waals surface area contributed by atoms with Crippen molar-refractivity contribution in [3.05, 3.63) is 0 Å². The minimum atomic E-state index is 0. The van der Waals surface area contributed by atoms with Gasteiger partial charge in [-0.3, -0.25) is 9.59 Å². The van der Waals surface area contributed by atoms with Crippen LogP contribution in [0, 0.1) is 0 Å². The lowest BCUT2D eigenvalue weighted by Crippen LogP contribution is -2.47. The van der Waals surface area contributed by atoms with Gasteiger partial charge in [-0.15, -0.1) is 12.4 Å². The van der Waals surface area contributed by atoms with Gasteiger partial charge in [-0.1, -0.05) is 0 Å². The molecule has 1 unspecified atom stereocenters. The summed E-state index contributed by atoms with van der Waals surface area (Å²) >= 11 is 0. The van der Waals surface area contributed by atoms with Crippen LogP contribution in [-0.2, 0) is 9.59 Å². The Hall–Kier alpha value is -0.810. The average Bonchev–Trinajstić information content (AvgIpc) is 2.45. The van der Waals surface area contributed by atoms with E-state index in [0.29, 0.717) is 32.5 Å². The van der Waals surface area contributed by atoms with Crippen molar-refractivity contribution in [3.8, 4) is 0 Å². The number of amides is 2. The predicted molar refractivity (Wildman–Crippen MR) is 82.8 cm³/mol. The van der Waals surface area contributed by atoms with Gasteiger partial charge >= 0.3 is 0 Å². The van der Waals surface area contributed by atoms with E-state index in [2.05, 4.69) is 0 Å². The number of rotatable bonds is 6. The summed E-state index contributed by atoms with van der Waals surface area (Å²) in [6.45, 7) is 6.64. The molecular formula is C14H28ClN3O2. The van der Waals surface area contributed by atoms with Gasteiger partial charge in [0.15, 0.2) is 0 Å². The quantitative estimate of drug-likeness (QED) is 0.806. The highest BCUT2D eigenvalue weighted by Crippen LogP contribution is 2.17. The number of hydrogen-bond donors (Lipinski definition) is 1. The molecule has 0 aromatic rings. The Morgan fingerprint density at radius 1 is 1.20 bits per heavy atom. The van der Waals surface area contributed by atoms with Gasteiger partial charge in [0.2, 0.25) is 11.8 Å². The molecule has 0 aromatic carbocycles. The molecule has 1 aliphatic rings. The molecule has 6 heteroatoms. The lowest BCUT2D eigenvalue weighted by Gasteiger charge is -2.35. The first-order valence-electron chi connectivity index (χ1n) is 7.41. The molecule has 0 aromatic heterocycles. The largest absolute Gasteiger partial charge is 0.343 e. The van der Waals surface area contributed by atoms with E-state index in [9.17, 15) is 9.59 Å². The molecule has 1 heterocycles. The molecule has 0 saturated carbocycles. The molecule has 0 spiro atoms. The molecule has 5 nitrogen and oxygen atoms in total. The van der Waals surface area contributed by atoms with Crippen LogP contribution in [0.2, 0.25) is 0 Å². The lowest BCUT2D eigenvalue weighted by molar-refractivity contribution is -0.139. The first-order valence-corrected chi connectivity index (χ1v) is 7.41. The molecule has 2 N–H and O–H groups in total. The number of carbonyl (C=O) groups excluding carboxylic acids is 2. The normalized spacial score (nSPS) is 18.4. The van der Waals surface area contributed by atoms with Gasteiger partial charge in [0.05, 0.1) is 0 Å². The number of hydrogen-bond acceptors (Lipinski definition) is 3. The minimum absolute atomic E-state index is 0. The van der Waals surface area contributed by atoms with E-state index >= 15 is 0 Å². The Morgan fingerprint density at radius 3 is 2.40 bits per heavy atom. The maximum Gasteiger partial charge on any atom is 0.223 e. The monoisotopic (exact) mass is 305 g/mol. The summed E-state index contributed by atoms with van der Waals surface area (Å²) < 4.78 is 0. The minimum Gasteiger partial charge on any atom is -0.343 e. The second-order valence-corrected chi connectivity index (χ2v) is 5.04. The fourth-order valence-electron chi connectivity index (χ4n) is 2.67. The summed E-state index contributed by atoms with van der Waals surface area (Å²) in [6, 6.07) is 0.171. The van der Waals surface area contributed by atoms with Gasteiger partial charge in [0.25, 0.3) is 0 Å². The van der Waals surface area contributed by atoms with Crippen LogP contribution < -0.4 is 5.73 Å². The highest BCUT2D eigenvalue weighted by atomic mass is 35.5. The van der Waals surface area contributed by atoms with Gasteiger partial charge in [0, 0.05) is 45.1 Å². The molecule has 0 aliphatic carbocycles. The molecule has 1 aliphatic heterocycles. The lowest BCUT2D eigenvalue weighted by atomic mass is 10.0. The van der Waals surface area contributed by atoms with E-state index in [1.807, 2.05) is 18.7 Å². The van der Waals surface area contributed by atoms with Crippen LogP contribution in [0.5, 0.6) is 0 Å². The maximum atomic E-state index is 12.2. The summed E-state index contributed by atoms with van der Waals surface area (Å²) in [5.41, 5.74) is 5.71. The van der Waals surface area contributed by atoms with Crippen LogP contribution in [0.15, 0.2) is 0 Å². The molecule has 1 rings (SSSR count). The molecule has 1 fully saturated rings. The van der Waals surface area contributed by atoms with Crippen molar-refractivity contribution in [2.75, 3.05) is 26.2 Å². The van der Waals surface area contributed by atoms with Crippen molar-refractivity contribution >= 4 is 24.2 Å². The van der Waals surface area contributed by atoms with E-state index in [-0.39, 0.29) is 30.3 Å². The number of nitrogens with two attached hydrogens (primary N) is 1. The zero-order chi connectivity index (χ0) is 14.3. The number of likely N-dealkylation sites (tertiary alicyclic amines) is 1. The van der Waals surface area contributed by atoms with Gasteiger partial charge in [-0.2, -0.15) is 0 Å². The number of piperidine rings is 1. The van der Waals surface area contributed by atoms with Crippen molar-refractivity contribution in [1.82, 2.24) is 9.80 Å². The topological polar surface area (TPSA) is 66.6 Å². The van der Waals surface area contributed by atoms with Gasteiger partial charge < -0.3 is 15.5 Å². The summed E-state index contributed by atoms with van der Waals surface area (Å²) in [6.07, 6.45) is 3.81. The predicted octanol–water partition coefficient (Wildman–Crippen LogP) is 1.40. The van der Waals surface area contributed by atoms with E-state index < -0.39 is 0 Å². The third-order valence-corrected chi connectivity index (χ3v) is 3.89. The number of halogens is 1. The smallest absolute Gasteiger partial charge is 0.223 e.